The van der Waals surface area contributed by atoms with Crippen LogP contribution in [0, 0.1) is 0 Å². The van der Waals surface area contributed by atoms with Crippen LogP contribution in [0.2, 0.25) is 0 Å². The molecule has 0 N–H and O–H groups in total. The molecule has 1 aromatic heterocycles. The van der Waals surface area contributed by atoms with Gasteiger partial charge in [0.2, 0.25) is 10.0 Å². The second-order valence-corrected chi connectivity index (χ2v) is 6.92. The molecule has 3 rings (SSSR count). The minimum atomic E-state index is -3.51. The third kappa shape index (κ3) is 2.85. The molecule has 0 unspecified atom stereocenters. The summed E-state index contributed by atoms with van der Waals surface area (Å²) in [5.74, 6) is 0. The molecule has 1 atom stereocenters. The topological polar surface area (TPSA) is 64.4 Å². The summed E-state index contributed by atoms with van der Waals surface area (Å²) in [6.07, 6.45) is 2.66. The lowest BCUT2D eigenvalue weighted by molar-refractivity contribution is -0.00255. The molecule has 2 aromatic rings. The molecule has 0 saturated carbocycles. The molecular weight excluding hydrogens is 290 g/mol. The van der Waals surface area contributed by atoms with Gasteiger partial charge in [0.05, 0.1) is 18.9 Å². The van der Waals surface area contributed by atoms with Gasteiger partial charge in [-0.2, -0.15) is 9.40 Å². The fourth-order valence-electron chi connectivity index (χ4n) is 2.39. The fourth-order valence-corrected chi connectivity index (χ4v) is 3.81. The molecule has 7 heteroatoms. The second kappa shape index (κ2) is 5.59. The number of morpholine rings is 1. The summed E-state index contributed by atoms with van der Waals surface area (Å²) in [6.45, 7) is 1.07. The Morgan fingerprint density at radius 1 is 1.29 bits per heavy atom. The van der Waals surface area contributed by atoms with Gasteiger partial charge in [0.15, 0.2) is 0 Å². The van der Waals surface area contributed by atoms with Gasteiger partial charge in [0, 0.05) is 26.3 Å². The first kappa shape index (κ1) is 14.2. The van der Waals surface area contributed by atoms with Crippen molar-refractivity contribution in [1.82, 2.24) is 14.1 Å². The van der Waals surface area contributed by atoms with Crippen LogP contribution in [0.4, 0.5) is 0 Å². The summed E-state index contributed by atoms with van der Waals surface area (Å²) in [5.41, 5.74) is 0.989. The maximum atomic E-state index is 12.6. The lowest BCUT2D eigenvalue weighted by Crippen LogP contribution is -2.42. The standard InChI is InChI=1S/C14H17N3O3S/c1-16-10-13(9-15-16)21(18,19)17-7-8-20-14(11-17)12-5-3-2-4-6-12/h2-6,9-10,14H,7-8,11H2,1H3/t14-/m0/s1. The number of ether oxygens (including phenoxy) is 1. The van der Waals surface area contributed by atoms with Gasteiger partial charge in [-0.15, -0.1) is 0 Å². The number of aryl methyl sites for hydroxylation is 1. The van der Waals surface area contributed by atoms with Crippen molar-refractivity contribution in [3.63, 3.8) is 0 Å². The molecule has 2 heterocycles. The summed E-state index contributed by atoms with van der Waals surface area (Å²) in [5, 5.41) is 3.93. The van der Waals surface area contributed by atoms with E-state index in [4.69, 9.17) is 4.74 Å². The zero-order valence-electron chi connectivity index (χ0n) is 11.7. The highest BCUT2D eigenvalue weighted by Gasteiger charge is 2.32. The smallest absolute Gasteiger partial charge is 0.246 e. The van der Waals surface area contributed by atoms with Gasteiger partial charge < -0.3 is 4.74 Å². The van der Waals surface area contributed by atoms with Crippen LogP contribution in [0.15, 0.2) is 47.6 Å². The minimum Gasteiger partial charge on any atom is -0.371 e. The first-order valence-corrected chi connectivity index (χ1v) is 8.17. The number of sulfonamides is 1. The number of nitrogens with zero attached hydrogens (tertiary/aromatic N) is 3. The largest absolute Gasteiger partial charge is 0.371 e. The average molecular weight is 307 g/mol. The van der Waals surface area contributed by atoms with Crippen molar-refractivity contribution in [3.05, 3.63) is 48.3 Å². The first-order chi connectivity index (χ1) is 10.1. The van der Waals surface area contributed by atoms with Crippen LogP contribution < -0.4 is 0 Å². The Kier molecular flexibility index (Phi) is 3.79. The normalized spacial score (nSPS) is 20.5. The lowest BCUT2D eigenvalue weighted by atomic mass is 10.1. The van der Waals surface area contributed by atoms with E-state index in [0.29, 0.717) is 19.7 Å². The van der Waals surface area contributed by atoms with Gasteiger partial charge in [-0.25, -0.2) is 8.42 Å². The Labute approximate surface area is 124 Å². The number of benzene rings is 1. The van der Waals surface area contributed by atoms with Crippen molar-refractivity contribution >= 4 is 10.0 Å². The molecule has 0 amide bonds. The van der Waals surface area contributed by atoms with Crippen molar-refractivity contribution in [2.45, 2.75) is 11.0 Å². The van der Waals surface area contributed by atoms with E-state index in [0.717, 1.165) is 5.56 Å². The molecule has 112 valence electrons. The zero-order chi connectivity index (χ0) is 14.9. The molecule has 1 saturated heterocycles. The van der Waals surface area contributed by atoms with E-state index in [1.165, 1.54) is 21.4 Å². The van der Waals surface area contributed by atoms with Crippen molar-refractivity contribution in [1.29, 1.82) is 0 Å². The van der Waals surface area contributed by atoms with Gasteiger partial charge in [-0.3, -0.25) is 4.68 Å². The quantitative estimate of drug-likeness (QED) is 0.854. The second-order valence-electron chi connectivity index (χ2n) is 4.98. The van der Waals surface area contributed by atoms with E-state index in [-0.39, 0.29) is 11.0 Å². The van der Waals surface area contributed by atoms with Crippen molar-refractivity contribution in [2.75, 3.05) is 19.7 Å². The molecule has 0 spiro atoms. The highest BCUT2D eigenvalue weighted by Crippen LogP contribution is 2.26. The average Bonchev–Trinajstić information content (AvgIpc) is 2.96. The van der Waals surface area contributed by atoms with E-state index in [1.54, 1.807) is 7.05 Å². The molecule has 1 aliphatic rings. The summed E-state index contributed by atoms with van der Waals surface area (Å²) < 4.78 is 33.8. The Bertz CT molecular complexity index is 712. The Morgan fingerprint density at radius 2 is 2.05 bits per heavy atom. The molecular formula is C14H17N3O3S. The van der Waals surface area contributed by atoms with E-state index >= 15 is 0 Å². The summed E-state index contributed by atoms with van der Waals surface area (Å²) in [7, 11) is -1.81. The predicted octanol–water partition coefficient (Wildman–Crippen LogP) is 1.18. The molecule has 6 nitrogen and oxygen atoms in total. The van der Waals surface area contributed by atoms with Crippen LogP contribution >= 0.6 is 0 Å². The van der Waals surface area contributed by atoms with E-state index in [1.807, 2.05) is 30.3 Å². The molecule has 0 radical (unpaired) electrons. The lowest BCUT2D eigenvalue weighted by Gasteiger charge is -2.32. The minimum absolute atomic E-state index is 0.221. The maximum Gasteiger partial charge on any atom is 0.246 e. The van der Waals surface area contributed by atoms with Gasteiger partial charge in [-0.1, -0.05) is 30.3 Å². The van der Waals surface area contributed by atoms with Gasteiger partial charge in [-0.05, 0) is 5.56 Å². The molecule has 21 heavy (non-hydrogen) atoms. The van der Waals surface area contributed by atoms with E-state index in [2.05, 4.69) is 5.10 Å². The Balaban J connectivity index is 1.83. The van der Waals surface area contributed by atoms with Gasteiger partial charge in [0.25, 0.3) is 0 Å². The number of hydrogen-bond acceptors (Lipinski definition) is 4. The number of rotatable bonds is 3. The predicted molar refractivity (Wildman–Crippen MR) is 77.1 cm³/mol. The summed E-state index contributed by atoms with van der Waals surface area (Å²) >= 11 is 0. The molecule has 0 aliphatic carbocycles. The van der Waals surface area contributed by atoms with Crippen LogP contribution in [-0.4, -0.2) is 42.2 Å². The Hall–Kier alpha value is -1.70. The first-order valence-electron chi connectivity index (χ1n) is 6.73. The van der Waals surface area contributed by atoms with Crippen LogP contribution in [0.3, 0.4) is 0 Å². The van der Waals surface area contributed by atoms with Gasteiger partial charge in [0.1, 0.15) is 4.90 Å². The third-order valence-electron chi connectivity index (χ3n) is 3.52. The maximum absolute atomic E-state index is 12.6. The van der Waals surface area contributed by atoms with Crippen LogP contribution in [0.1, 0.15) is 11.7 Å². The fraction of sp³-hybridized carbons (Fsp3) is 0.357. The van der Waals surface area contributed by atoms with E-state index < -0.39 is 10.0 Å². The Morgan fingerprint density at radius 3 is 2.71 bits per heavy atom. The summed E-state index contributed by atoms with van der Waals surface area (Å²) in [6, 6.07) is 9.67. The van der Waals surface area contributed by atoms with Crippen LogP contribution in [0.5, 0.6) is 0 Å². The highest BCUT2D eigenvalue weighted by atomic mass is 32.2. The third-order valence-corrected chi connectivity index (χ3v) is 5.34. The highest BCUT2D eigenvalue weighted by molar-refractivity contribution is 7.89. The zero-order valence-corrected chi connectivity index (χ0v) is 12.5. The number of hydrogen-bond donors (Lipinski definition) is 0. The molecule has 1 fully saturated rings. The van der Waals surface area contributed by atoms with E-state index in [9.17, 15) is 8.42 Å². The van der Waals surface area contributed by atoms with Crippen LogP contribution in [-0.2, 0) is 21.8 Å². The van der Waals surface area contributed by atoms with Crippen molar-refractivity contribution in [2.24, 2.45) is 7.05 Å². The molecule has 1 aromatic carbocycles. The van der Waals surface area contributed by atoms with Crippen molar-refractivity contribution < 1.29 is 13.2 Å². The molecule has 0 bridgehead atoms. The van der Waals surface area contributed by atoms with Crippen molar-refractivity contribution in [3.8, 4) is 0 Å². The van der Waals surface area contributed by atoms with Gasteiger partial charge >= 0.3 is 0 Å². The van der Waals surface area contributed by atoms with Crippen LogP contribution in [0.25, 0.3) is 0 Å². The molecule has 1 aliphatic heterocycles. The monoisotopic (exact) mass is 307 g/mol. The SMILES string of the molecule is Cn1cc(S(=O)(=O)N2CCO[C@H](c3ccccc3)C2)cn1. The number of aromatic nitrogens is 2. The summed E-state index contributed by atoms with van der Waals surface area (Å²) in [4.78, 5) is 0.221.